The van der Waals surface area contributed by atoms with E-state index < -0.39 is 11.6 Å². The number of likely N-dealkylation sites (tertiary alicyclic amines) is 1. The molecule has 6 heteroatoms. The first-order chi connectivity index (χ1) is 13.3. The highest BCUT2D eigenvalue weighted by atomic mass is 16.2. The molecule has 2 aliphatic heterocycles. The summed E-state index contributed by atoms with van der Waals surface area (Å²) in [5, 5.41) is 2.80. The SMILES string of the molecule is CC[C@H]1CCCCN1C(=O)CN1C(=O)N[C@@](C)(c2ccc(C(C)C)cc2)C1=O. The number of carbonyl (C=O) groups excluding carboxylic acids is 3. The van der Waals surface area contributed by atoms with Crippen molar-refractivity contribution in [3.05, 3.63) is 35.4 Å². The van der Waals surface area contributed by atoms with Gasteiger partial charge in [-0.3, -0.25) is 14.5 Å². The molecule has 1 N–H and O–H groups in total. The van der Waals surface area contributed by atoms with Gasteiger partial charge in [0.15, 0.2) is 0 Å². The number of carbonyl (C=O) groups is 3. The lowest BCUT2D eigenvalue weighted by atomic mass is 9.90. The Morgan fingerprint density at radius 2 is 1.89 bits per heavy atom. The fourth-order valence-electron chi connectivity index (χ4n) is 4.22. The average Bonchev–Trinajstić information content (AvgIpc) is 2.91. The van der Waals surface area contributed by atoms with E-state index in [-0.39, 0.29) is 24.4 Å². The van der Waals surface area contributed by atoms with Crippen molar-refractivity contribution in [3.8, 4) is 0 Å². The van der Waals surface area contributed by atoms with Crippen LogP contribution in [0.5, 0.6) is 0 Å². The molecule has 2 saturated heterocycles. The van der Waals surface area contributed by atoms with Gasteiger partial charge in [-0.15, -0.1) is 0 Å². The van der Waals surface area contributed by atoms with Crippen molar-refractivity contribution < 1.29 is 14.4 Å². The average molecular weight is 386 g/mol. The van der Waals surface area contributed by atoms with Gasteiger partial charge in [-0.2, -0.15) is 0 Å². The summed E-state index contributed by atoms with van der Waals surface area (Å²) in [6.07, 6.45) is 3.98. The van der Waals surface area contributed by atoms with Gasteiger partial charge in [-0.05, 0) is 49.7 Å². The lowest BCUT2D eigenvalue weighted by Gasteiger charge is -2.36. The zero-order valence-corrected chi connectivity index (χ0v) is 17.3. The second-order valence-corrected chi connectivity index (χ2v) is 8.37. The van der Waals surface area contributed by atoms with E-state index in [9.17, 15) is 14.4 Å². The molecule has 0 bridgehead atoms. The van der Waals surface area contributed by atoms with Gasteiger partial charge in [-0.25, -0.2) is 4.79 Å². The van der Waals surface area contributed by atoms with Crippen LogP contribution in [-0.4, -0.2) is 46.8 Å². The van der Waals surface area contributed by atoms with Crippen LogP contribution in [0.4, 0.5) is 4.79 Å². The van der Waals surface area contributed by atoms with Crippen LogP contribution in [0.25, 0.3) is 0 Å². The van der Waals surface area contributed by atoms with Crippen molar-refractivity contribution in [2.75, 3.05) is 13.1 Å². The van der Waals surface area contributed by atoms with Crippen molar-refractivity contribution in [1.29, 1.82) is 0 Å². The van der Waals surface area contributed by atoms with E-state index in [2.05, 4.69) is 26.1 Å². The van der Waals surface area contributed by atoms with Crippen molar-refractivity contribution in [2.24, 2.45) is 0 Å². The summed E-state index contributed by atoms with van der Waals surface area (Å²) in [5.74, 6) is -0.122. The van der Waals surface area contributed by atoms with E-state index in [4.69, 9.17) is 0 Å². The van der Waals surface area contributed by atoms with E-state index >= 15 is 0 Å². The highest BCUT2D eigenvalue weighted by Gasteiger charge is 2.49. The van der Waals surface area contributed by atoms with Gasteiger partial charge < -0.3 is 10.2 Å². The van der Waals surface area contributed by atoms with Gasteiger partial charge in [-0.1, -0.05) is 45.0 Å². The Balaban J connectivity index is 1.76. The third kappa shape index (κ3) is 3.64. The maximum Gasteiger partial charge on any atom is 0.325 e. The fraction of sp³-hybridized carbons (Fsp3) is 0.591. The van der Waals surface area contributed by atoms with E-state index in [0.29, 0.717) is 12.5 Å². The summed E-state index contributed by atoms with van der Waals surface area (Å²) >= 11 is 0. The maximum absolute atomic E-state index is 13.1. The molecule has 2 aliphatic rings. The lowest BCUT2D eigenvalue weighted by Crippen LogP contribution is -2.49. The van der Waals surface area contributed by atoms with Crippen molar-refractivity contribution in [1.82, 2.24) is 15.1 Å². The lowest BCUT2D eigenvalue weighted by molar-refractivity contribution is -0.141. The van der Waals surface area contributed by atoms with Crippen LogP contribution in [0.3, 0.4) is 0 Å². The van der Waals surface area contributed by atoms with Crippen molar-refractivity contribution in [2.45, 2.75) is 70.9 Å². The Bertz CT molecular complexity index is 759. The van der Waals surface area contributed by atoms with Crippen LogP contribution in [0.2, 0.25) is 0 Å². The minimum atomic E-state index is -1.14. The molecule has 6 nitrogen and oxygen atoms in total. The molecule has 152 valence electrons. The first kappa shape index (κ1) is 20.4. The summed E-state index contributed by atoms with van der Waals surface area (Å²) in [6, 6.07) is 7.44. The molecule has 2 heterocycles. The van der Waals surface area contributed by atoms with Crippen LogP contribution in [0, 0.1) is 0 Å². The number of hydrogen-bond acceptors (Lipinski definition) is 3. The number of piperidine rings is 1. The first-order valence-corrected chi connectivity index (χ1v) is 10.3. The molecular formula is C22H31N3O3. The Hall–Kier alpha value is -2.37. The Kier molecular flexibility index (Phi) is 5.77. The zero-order valence-electron chi connectivity index (χ0n) is 17.3. The molecule has 0 unspecified atom stereocenters. The number of rotatable bonds is 5. The molecule has 28 heavy (non-hydrogen) atoms. The number of hydrogen-bond donors (Lipinski definition) is 1. The molecule has 0 saturated carbocycles. The summed E-state index contributed by atoms with van der Waals surface area (Å²) in [5.41, 5.74) is 0.764. The van der Waals surface area contributed by atoms with E-state index in [1.165, 1.54) is 5.56 Å². The largest absolute Gasteiger partial charge is 0.338 e. The molecule has 2 fully saturated rings. The Morgan fingerprint density at radius 3 is 2.50 bits per heavy atom. The summed E-state index contributed by atoms with van der Waals surface area (Å²) in [7, 11) is 0. The minimum Gasteiger partial charge on any atom is -0.338 e. The molecule has 0 radical (unpaired) electrons. The van der Waals surface area contributed by atoms with Crippen LogP contribution < -0.4 is 5.32 Å². The van der Waals surface area contributed by atoms with Gasteiger partial charge in [0, 0.05) is 12.6 Å². The molecule has 3 rings (SSSR count). The number of amides is 4. The van der Waals surface area contributed by atoms with E-state index in [0.717, 1.165) is 36.1 Å². The quantitative estimate of drug-likeness (QED) is 0.790. The van der Waals surface area contributed by atoms with E-state index in [1.807, 2.05) is 29.2 Å². The second-order valence-electron chi connectivity index (χ2n) is 8.37. The third-order valence-corrected chi connectivity index (χ3v) is 6.14. The van der Waals surface area contributed by atoms with E-state index in [1.54, 1.807) is 6.92 Å². The van der Waals surface area contributed by atoms with Crippen LogP contribution in [0.1, 0.15) is 70.4 Å². The van der Waals surface area contributed by atoms with Gasteiger partial charge in [0.1, 0.15) is 12.1 Å². The first-order valence-electron chi connectivity index (χ1n) is 10.3. The number of benzene rings is 1. The maximum atomic E-state index is 13.1. The molecule has 1 aromatic carbocycles. The van der Waals surface area contributed by atoms with Crippen LogP contribution >= 0.6 is 0 Å². The van der Waals surface area contributed by atoms with Crippen LogP contribution in [0.15, 0.2) is 24.3 Å². The monoisotopic (exact) mass is 385 g/mol. The van der Waals surface area contributed by atoms with Gasteiger partial charge in [0.05, 0.1) is 0 Å². The molecule has 0 spiro atoms. The molecule has 0 aromatic heterocycles. The van der Waals surface area contributed by atoms with Gasteiger partial charge in [0.25, 0.3) is 5.91 Å². The third-order valence-electron chi connectivity index (χ3n) is 6.14. The minimum absolute atomic E-state index is 0.144. The molecule has 2 atom stereocenters. The molecular weight excluding hydrogens is 354 g/mol. The Morgan fingerprint density at radius 1 is 1.21 bits per heavy atom. The van der Waals surface area contributed by atoms with Gasteiger partial charge >= 0.3 is 6.03 Å². The number of urea groups is 1. The van der Waals surface area contributed by atoms with Gasteiger partial charge in [0.2, 0.25) is 5.91 Å². The predicted molar refractivity (Wildman–Crippen MR) is 108 cm³/mol. The fourth-order valence-corrected chi connectivity index (χ4v) is 4.22. The Labute approximate surface area is 167 Å². The second kappa shape index (κ2) is 7.94. The number of nitrogens with one attached hydrogen (secondary N) is 1. The normalized spacial score (nSPS) is 25.4. The van der Waals surface area contributed by atoms with Crippen molar-refractivity contribution in [3.63, 3.8) is 0 Å². The highest BCUT2D eigenvalue weighted by molar-refractivity contribution is 6.09. The smallest absolute Gasteiger partial charge is 0.325 e. The zero-order chi connectivity index (χ0) is 20.5. The van der Waals surface area contributed by atoms with Crippen LogP contribution in [-0.2, 0) is 15.1 Å². The molecule has 0 aliphatic carbocycles. The summed E-state index contributed by atoms with van der Waals surface area (Å²) < 4.78 is 0. The molecule has 4 amide bonds. The summed E-state index contributed by atoms with van der Waals surface area (Å²) in [6.45, 7) is 8.50. The highest BCUT2D eigenvalue weighted by Crippen LogP contribution is 2.30. The van der Waals surface area contributed by atoms with Crippen molar-refractivity contribution >= 4 is 17.8 Å². The topological polar surface area (TPSA) is 69.7 Å². The number of nitrogens with zero attached hydrogens (tertiary/aromatic N) is 2. The summed E-state index contributed by atoms with van der Waals surface area (Å²) in [4.78, 5) is 41.4. The molecule has 1 aromatic rings. The standard InChI is InChI=1S/C22H31N3O3/c1-5-18-8-6-7-13-24(18)19(26)14-25-20(27)22(4,23-21(25)28)17-11-9-16(10-12-17)15(2)3/h9-12,15,18H,5-8,13-14H2,1-4H3,(H,23,28)/t18-,22-/m0/s1. The predicted octanol–water partition coefficient (Wildman–Crippen LogP) is 3.37. The number of imide groups is 1.